The van der Waals surface area contributed by atoms with Crippen molar-refractivity contribution >= 4 is 27.3 Å². The molecule has 1 aliphatic rings. The van der Waals surface area contributed by atoms with Gasteiger partial charge in [-0.3, -0.25) is 10.1 Å². The van der Waals surface area contributed by atoms with Crippen LogP contribution in [0.25, 0.3) is 0 Å². The van der Waals surface area contributed by atoms with Crippen molar-refractivity contribution in [2.45, 2.75) is 17.1 Å². The summed E-state index contributed by atoms with van der Waals surface area (Å²) in [7, 11) is -4.02. The van der Waals surface area contributed by atoms with E-state index in [9.17, 15) is 28.7 Å². The number of aliphatic hydroxyl groups excluding tert-OH is 2. The molecule has 1 aromatic carbocycles. The zero-order valence-electron chi connectivity index (χ0n) is 10.0. The monoisotopic (exact) mass is 322 g/mol. The first-order valence-corrected chi connectivity index (χ1v) is 7.35. The van der Waals surface area contributed by atoms with Crippen molar-refractivity contribution < 1.29 is 23.6 Å². The highest BCUT2D eigenvalue weighted by Crippen LogP contribution is 2.30. The topological polar surface area (TPSA) is 121 Å². The number of β-amino-alcohol motifs (C(OH)–C–C–N with tert-alkyl or cyclic N) is 2. The number of hydrogen-bond acceptors (Lipinski definition) is 6. The molecule has 10 heteroatoms. The zero-order chi connectivity index (χ0) is 15.1. The van der Waals surface area contributed by atoms with E-state index in [1.165, 1.54) is 0 Å². The maximum absolute atomic E-state index is 12.3. The summed E-state index contributed by atoms with van der Waals surface area (Å²) in [5, 5.41) is 29.1. The summed E-state index contributed by atoms with van der Waals surface area (Å²) < 4.78 is 25.4. The predicted molar refractivity (Wildman–Crippen MR) is 68.9 cm³/mol. The Balaban J connectivity index is 2.38. The third-order valence-electron chi connectivity index (χ3n) is 2.97. The summed E-state index contributed by atoms with van der Waals surface area (Å²) in [4.78, 5) is 9.59. The quantitative estimate of drug-likeness (QED) is 0.595. The number of nitrogens with zero attached hydrogens (tertiary/aromatic N) is 2. The van der Waals surface area contributed by atoms with Gasteiger partial charge < -0.3 is 10.2 Å². The first kappa shape index (κ1) is 15.1. The van der Waals surface area contributed by atoms with Crippen LogP contribution in [0.1, 0.15) is 0 Å². The molecule has 0 bridgehead atoms. The molecule has 1 aromatic rings. The van der Waals surface area contributed by atoms with Crippen molar-refractivity contribution in [1.29, 1.82) is 0 Å². The third-order valence-corrected chi connectivity index (χ3v) is 5.28. The van der Waals surface area contributed by atoms with Crippen molar-refractivity contribution in [2.24, 2.45) is 0 Å². The maximum Gasteiger partial charge on any atom is 0.271 e. The lowest BCUT2D eigenvalue weighted by atomic mass is 10.3. The Labute approximate surface area is 119 Å². The van der Waals surface area contributed by atoms with Gasteiger partial charge in [-0.1, -0.05) is 11.6 Å². The molecule has 0 spiro atoms. The largest absolute Gasteiger partial charge is 0.389 e. The van der Waals surface area contributed by atoms with Gasteiger partial charge in [0.15, 0.2) is 0 Å². The van der Waals surface area contributed by atoms with E-state index < -0.39 is 27.2 Å². The Bertz CT molecular complexity index is 639. The first-order chi connectivity index (χ1) is 9.23. The minimum atomic E-state index is -4.02. The summed E-state index contributed by atoms with van der Waals surface area (Å²) in [6.45, 7) is -0.506. The van der Waals surface area contributed by atoms with Crippen molar-refractivity contribution in [1.82, 2.24) is 4.31 Å². The number of benzene rings is 1. The number of halogens is 1. The van der Waals surface area contributed by atoms with Crippen molar-refractivity contribution in [2.75, 3.05) is 13.1 Å². The number of hydrogen-bond donors (Lipinski definition) is 2. The molecule has 0 aliphatic carbocycles. The van der Waals surface area contributed by atoms with Crippen LogP contribution in [0.5, 0.6) is 0 Å². The summed E-state index contributed by atoms with van der Waals surface area (Å²) in [5.74, 6) is 0. The minimum absolute atomic E-state index is 0.253. The lowest BCUT2D eigenvalue weighted by Gasteiger charge is -2.16. The van der Waals surface area contributed by atoms with Crippen LogP contribution in [-0.4, -0.2) is 53.2 Å². The van der Waals surface area contributed by atoms with Gasteiger partial charge >= 0.3 is 0 Å². The van der Waals surface area contributed by atoms with Gasteiger partial charge in [-0.2, -0.15) is 4.31 Å². The van der Waals surface area contributed by atoms with E-state index in [0.29, 0.717) is 0 Å². The molecular formula is C10H11ClN2O6S. The predicted octanol–water partition coefficient (Wildman–Crippen LogP) is -0.0257. The summed E-state index contributed by atoms with van der Waals surface area (Å²) in [5.41, 5.74) is -0.324. The average molecular weight is 323 g/mol. The molecule has 0 unspecified atom stereocenters. The van der Waals surface area contributed by atoms with E-state index in [1.807, 2.05) is 0 Å². The second-order valence-electron chi connectivity index (χ2n) is 4.33. The number of nitro groups is 1. The first-order valence-electron chi connectivity index (χ1n) is 5.53. The van der Waals surface area contributed by atoms with Crippen LogP contribution in [0.3, 0.4) is 0 Å². The number of aliphatic hydroxyl groups is 2. The molecule has 1 aliphatic heterocycles. The van der Waals surface area contributed by atoms with Gasteiger partial charge in [0.25, 0.3) is 5.69 Å². The van der Waals surface area contributed by atoms with E-state index in [0.717, 1.165) is 22.5 Å². The molecule has 8 nitrogen and oxygen atoms in total. The fourth-order valence-electron chi connectivity index (χ4n) is 1.88. The summed E-state index contributed by atoms with van der Waals surface area (Å²) in [6, 6.07) is 3.01. The normalized spacial score (nSPS) is 23.9. The molecule has 20 heavy (non-hydrogen) atoms. The fraction of sp³-hybridized carbons (Fsp3) is 0.400. The molecule has 0 saturated carbocycles. The Kier molecular flexibility index (Phi) is 3.98. The van der Waals surface area contributed by atoms with Crippen molar-refractivity contribution in [3.8, 4) is 0 Å². The molecule has 1 fully saturated rings. The highest BCUT2D eigenvalue weighted by atomic mass is 35.5. The molecule has 2 rings (SSSR count). The van der Waals surface area contributed by atoms with Gasteiger partial charge in [0.1, 0.15) is 4.90 Å². The highest BCUT2D eigenvalue weighted by molar-refractivity contribution is 7.89. The second-order valence-corrected chi connectivity index (χ2v) is 6.64. The van der Waals surface area contributed by atoms with Gasteiger partial charge in [-0.15, -0.1) is 0 Å². The molecule has 1 heterocycles. The van der Waals surface area contributed by atoms with E-state index in [2.05, 4.69) is 0 Å². The van der Waals surface area contributed by atoms with Crippen LogP contribution in [0.15, 0.2) is 23.1 Å². The highest BCUT2D eigenvalue weighted by Gasteiger charge is 2.38. The molecule has 0 radical (unpaired) electrons. The number of rotatable bonds is 3. The number of sulfonamides is 1. The van der Waals surface area contributed by atoms with Gasteiger partial charge in [0, 0.05) is 25.2 Å². The second kappa shape index (κ2) is 5.26. The Morgan fingerprint density at radius 1 is 1.30 bits per heavy atom. The van der Waals surface area contributed by atoms with E-state index in [4.69, 9.17) is 11.6 Å². The average Bonchev–Trinajstić information content (AvgIpc) is 2.69. The fourth-order valence-corrected chi connectivity index (χ4v) is 3.87. The SMILES string of the molecule is O=[N+]([O-])c1ccc(S(=O)(=O)N2C[C@@H](O)[C@@H](O)C2)c(Cl)c1. The molecule has 110 valence electrons. The summed E-state index contributed by atoms with van der Waals surface area (Å²) in [6.07, 6.45) is -2.33. The summed E-state index contributed by atoms with van der Waals surface area (Å²) >= 11 is 5.77. The molecule has 1 saturated heterocycles. The lowest BCUT2D eigenvalue weighted by Crippen LogP contribution is -2.30. The smallest absolute Gasteiger partial charge is 0.271 e. The minimum Gasteiger partial charge on any atom is -0.389 e. The Morgan fingerprint density at radius 2 is 1.85 bits per heavy atom. The van der Waals surface area contributed by atoms with E-state index >= 15 is 0 Å². The van der Waals surface area contributed by atoms with Crippen molar-refractivity contribution in [3.05, 3.63) is 33.3 Å². The van der Waals surface area contributed by atoms with Crippen LogP contribution in [-0.2, 0) is 10.0 Å². The van der Waals surface area contributed by atoms with Crippen LogP contribution in [0.2, 0.25) is 5.02 Å². The third kappa shape index (κ3) is 2.63. The lowest BCUT2D eigenvalue weighted by molar-refractivity contribution is -0.384. The van der Waals surface area contributed by atoms with Crippen LogP contribution < -0.4 is 0 Å². The van der Waals surface area contributed by atoms with E-state index in [1.54, 1.807) is 0 Å². The van der Waals surface area contributed by atoms with Gasteiger partial charge in [0.05, 0.1) is 22.2 Å². The van der Waals surface area contributed by atoms with E-state index in [-0.39, 0.29) is 28.7 Å². The zero-order valence-corrected chi connectivity index (χ0v) is 11.6. The molecular weight excluding hydrogens is 312 g/mol. The van der Waals surface area contributed by atoms with Gasteiger partial charge in [-0.05, 0) is 6.07 Å². The molecule has 2 atom stereocenters. The number of nitro benzene ring substituents is 1. The molecule has 0 amide bonds. The standard InChI is InChI=1S/C10H11ClN2O6S/c11-7-3-6(13(16)17)1-2-10(7)20(18,19)12-4-8(14)9(15)5-12/h1-3,8-9,14-15H,4-5H2/t8-,9+. The number of non-ortho nitro benzene ring substituents is 1. The van der Waals surface area contributed by atoms with Crippen LogP contribution in [0.4, 0.5) is 5.69 Å². The van der Waals surface area contributed by atoms with Crippen LogP contribution in [0, 0.1) is 10.1 Å². The van der Waals surface area contributed by atoms with Gasteiger partial charge in [-0.25, -0.2) is 8.42 Å². The Hall–Kier alpha value is -1.26. The van der Waals surface area contributed by atoms with Gasteiger partial charge in [0.2, 0.25) is 10.0 Å². The Morgan fingerprint density at radius 3 is 2.30 bits per heavy atom. The van der Waals surface area contributed by atoms with Crippen molar-refractivity contribution in [3.63, 3.8) is 0 Å². The maximum atomic E-state index is 12.3. The molecule has 2 N–H and O–H groups in total. The molecule has 0 aromatic heterocycles. The van der Waals surface area contributed by atoms with Crippen LogP contribution >= 0.6 is 11.6 Å².